The van der Waals surface area contributed by atoms with E-state index in [0.29, 0.717) is 11.1 Å². The van der Waals surface area contributed by atoms with Crippen molar-refractivity contribution in [1.29, 1.82) is 0 Å². The van der Waals surface area contributed by atoms with Gasteiger partial charge in [-0.15, -0.1) is 0 Å². The lowest BCUT2D eigenvalue weighted by Gasteiger charge is -2.18. The number of nitrogens with one attached hydrogen (secondary N) is 1. The molecule has 0 bridgehead atoms. The Morgan fingerprint density at radius 3 is 2.07 bits per heavy atom. The lowest BCUT2D eigenvalue weighted by Crippen LogP contribution is -2.35. The molecule has 0 aliphatic heterocycles. The van der Waals surface area contributed by atoms with Crippen LogP contribution in [0.25, 0.3) is 0 Å². The van der Waals surface area contributed by atoms with Gasteiger partial charge in [-0.05, 0) is 35.9 Å². The van der Waals surface area contributed by atoms with Crippen molar-refractivity contribution >= 4 is 17.7 Å². The summed E-state index contributed by atoms with van der Waals surface area (Å²) in [4.78, 5) is 37.3. The van der Waals surface area contributed by atoms with E-state index < -0.39 is 41.9 Å². The lowest BCUT2D eigenvalue weighted by molar-refractivity contribution is -0.145. The predicted octanol–water partition coefficient (Wildman–Crippen LogP) is 3.86. The Bertz CT molecular complexity index is 1060. The van der Waals surface area contributed by atoms with Gasteiger partial charge >= 0.3 is 5.97 Å². The zero-order valence-electron chi connectivity index (χ0n) is 15.7. The molecule has 0 fully saturated rings. The Labute approximate surface area is 171 Å². The molecule has 1 atom stereocenters. The van der Waals surface area contributed by atoms with E-state index >= 15 is 0 Å². The first-order chi connectivity index (χ1) is 14.5. The average molecular weight is 409 g/mol. The molecule has 0 aromatic heterocycles. The highest BCUT2D eigenvalue weighted by Crippen LogP contribution is 2.16. The summed E-state index contributed by atoms with van der Waals surface area (Å²) < 4.78 is 31.4. The first-order valence-corrected chi connectivity index (χ1v) is 9.01. The van der Waals surface area contributed by atoms with E-state index in [1.807, 2.05) is 0 Å². The van der Waals surface area contributed by atoms with E-state index in [0.717, 1.165) is 18.2 Å². The summed E-state index contributed by atoms with van der Waals surface area (Å²) in [6.07, 6.45) is 0. The minimum absolute atomic E-state index is 0.133. The molecule has 1 N–H and O–H groups in total. The van der Waals surface area contributed by atoms with Gasteiger partial charge in [-0.2, -0.15) is 0 Å². The van der Waals surface area contributed by atoms with E-state index in [4.69, 9.17) is 4.74 Å². The van der Waals surface area contributed by atoms with E-state index in [1.165, 1.54) is 0 Å². The number of hydrogen-bond donors (Lipinski definition) is 1. The van der Waals surface area contributed by atoms with Gasteiger partial charge in [0.15, 0.2) is 30.1 Å². The Morgan fingerprint density at radius 1 is 0.800 bits per heavy atom. The number of hydrogen-bond acceptors (Lipinski definition) is 4. The van der Waals surface area contributed by atoms with Gasteiger partial charge in [0.2, 0.25) is 0 Å². The number of carbonyl (C=O) groups excluding carboxylic acids is 3. The van der Waals surface area contributed by atoms with Gasteiger partial charge in [-0.1, -0.05) is 48.5 Å². The van der Waals surface area contributed by atoms with E-state index in [-0.39, 0.29) is 5.56 Å². The highest BCUT2D eigenvalue weighted by molar-refractivity contribution is 5.99. The number of carbonyl (C=O) groups is 3. The monoisotopic (exact) mass is 409 g/mol. The van der Waals surface area contributed by atoms with Crippen LogP contribution in [-0.2, 0) is 9.53 Å². The second-order valence-electron chi connectivity index (χ2n) is 6.34. The Kier molecular flexibility index (Phi) is 6.64. The van der Waals surface area contributed by atoms with Crippen molar-refractivity contribution in [3.8, 4) is 0 Å². The molecule has 152 valence electrons. The fraction of sp³-hybridized carbons (Fsp3) is 0.0870. The maximum Gasteiger partial charge on any atom is 0.333 e. The van der Waals surface area contributed by atoms with Crippen molar-refractivity contribution < 1.29 is 27.9 Å². The molecule has 0 radical (unpaired) electrons. The molecular weight excluding hydrogens is 392 g/mol. The van der Waals surface area contributed by atoms with Crippen LogP contribution in [0.15, 0.2) is 78.9 Å². The number of rotatable bonds is 7. The molecule has 0 spiro atoms. The van der Waals surface area contributed by atoms with Crippen LogP contribution in [-0.4, -0.2) is 24.3 Å². The van der Waals surface area contributed by atoms with Gasteiger partial charge in [0.05, 0.1) is 0 Å². The molecular formula is C23H17F2NO4. The highest BCUT2D eigenvalue weighted by Gasteiger charge is 2.25. The van der Waals surface area contributed by atoms with Crippen molar-refractivity contribution in [1.82, 2.24) is 5.32 Å². The molecule has 3 aromatic rings. The van der Waals surface area contributed by atoms with Crippen LogP contribution < -0.4 is 5.32 Å². The van der Waals surface area contributed by atoms with Crippen LogP contribution in [0.2, 0.25) is 0 Å². The molecule has 3 rings (SSSR count). The van der Waals surface area contributed by atoms with Gasteiger partial charge < -0.3 is 10.1 Å². The topological polar surface area (TPSA) is 72.5 Å². The third-order valence-electron chi connectivity index (χ3n) is 4.27. The van der Waals surface area contributed by atoms with Crippen LogP contribution >= 0.6 is 0 Å². The van der Waals surface area contributed by atoms with Crippen molar-refractivity contribution in [2.45, 2.75) is 6.04 Å². The molecule has 0 heterocycles. The molecule has 7 heteroatoms. The summed E-state index contributed by atoms with van der Waals surface area (Å²) in [5, 5.41) is 2.60. The number of Topliss-reactive ketones (excluding diaryl/α,β-unsaturated/α-hetero) is 1. The first-order valence-electron chi connectivity index (χ1n) is 9.01. The Balaban J connectivity index is 1.73. The van der Waals surface area contributed by atoms with Crippen LogP contribution in [0, 0.1) is 11.6 Å². The molecule has 1 amide bonds. The van der Waals surface area contributed by atoms with Crippen LogP contribution in [0.1, 0.15) is 32.3 Å². The number of benzene rings is 3. The second kappa shape index (κ2) is 9.56. The summed E-state index contributed by atoms with van der Waals surface area (Å²) in [6.45, 7) is -0.686. The fourth-order valence-electron chi connectivity index (χ4n) is 2.70. The number of halogens is 2. The van der Waals surface area contributed by atoms with Gasteiger partial charge in [0, 0.05) is 11.1 Å². The van der Waals surface area contributed by atoms with Crippen molar-refractivity contribution in [3.63, 3.8) is 0 Å². The third kappa shape index (κ3) is 5.14. The molecule has 3 aromatic carbocycles. The average Bonchev–Trinajstić information content (AvgIpc) is 2.78. The summed E-state index contributed by atoms with van der Waals surface area (Å²) in [7, 11) is 0. The van der Waals surface area contributed by atoms with Gasteiger partial charge in [-0.25, -0.2) is 13.6 Å². The quantitative estimate of drug-likeness (QED) is 0.475. The fourth-order valence-corrected chi connectivity index (χ4v) is 2.70. The van der Waals surface area contributed by atoms with Crippen molar-refractivity contribution in [2.75, 3.05) is 6.61 Å². The van der Waals surface area contributed by atoms with Crippen LogP contribution in [0.3, 0.4) is 0 Å². The minimum atomic E-state index is -1.18. The van der Waals surface area contributed by atoms with Crippen molar-refractivity contribution in [3.05, 3.63) is 107 Å². The standard InChI is InChI=1S/C23H17F2NO4/c24-18-12-11-17(13-19(18)25)20(27)14-30-23(29)21(15-7-3-1-4-8-15)26-22(28)16-9-5-2-6-10-16/h1-13,21H,14H2,(H,26,28). The van der Waals surface area contributed by atoms with Gasteiger partial charge in [0.25, 0.3) is 5.91 Å². The second-order valence-corrected chi connectivity index (χ2v) is 6.34. The number of amides is 1. The smallest absolute Gasteiger partial charge is 0.333 e. The first kappa shape index (κ1) is 20.9. The van der Waals surface area contributed by atoms with E-state index in [9.17, 15) is 23.2 Å². The number of ether oxygens (including phenoxy) is 1. The largest absolute Gasteiger partial charge is 0.455 e. The number of esters is 1. The molecule has 0 saturated heterocycles. The zero-order valence-corrected chi connectivity index (χ0v) is 15.7. The maximum atomic E-state index is 13.3. The van der Waals surface area contributed by atoms with Crippen LogP contribution in [0.5, 0.6) is 0 Å². The summed E-state index contributed by atoms with van der Waals surface area (Å²) >= 11 is 0. The van der Waals surface area contributed by atoms with Gasteiger partial charge in [0.1, 0.15) is 0 Å². The molecule has 5 nitrogen and oxygen atoms in total. The lowest BCUT2D eigenvalue weighted by atomic mass is 10.1. The highest BCUT2D eigenvalue weighted by atomic mass is 19.2. The summed E-state index contributed by atoms with van der Waals surface area (Å²) in [6, 6.07) is 18.2. The minimum Gasteiger partial charge on any atom is -0.455 e. The van der Waals surface area contributed by atoms with E-state index in [2.05, 4.69) is 5.32 Å². The van der Waals surface area contributed by atoms with Crippen LogP contribution in [0.4, 0.5) is 8.78 Å². The van der Waals surface area contributed by atoms with Gasteiger partial charge in [-0.3, -0.25) is 9.59 Å². The Morgan fingerprint density at radius 2 is 1.43 bits per heavy atom. The maximum absolute atomic E-state index is 13.3. The summed E-state index contributed by atoms with van der Waals surface area (Å²) in [5.74, 6) is -4.32. The molecule has 0 saturated carbocycles. The molecule has 0 aliphatic rings. The molecule has 30 heavy (non-hydrogen) atoms. The normalized spacial score (nSPS) is 11.4. The summed E-state index contributed by atoms with van der Waals surface area (Å²) in [5.41, 5.74) is 0.683. The SMILES string of the molecule is O=C(COC(=O)C(NC(=O)c1ccccc1)c1ccccc1)c1ccc(F)c(F)c1. The molecule has 0 aliphatic carbocycles. The van der Waals surface area contributed by atoms with E-state index in [1.54, 1.807) is 60.7 Å². The molecule has 1 unspecified atom stereocenters. The number of ketones is 1. The Hall–Kier alpha value is -3.87. The zero-order chi connectivity index (χ0) is 21.5. The van der Waals surface area contributed by atoms with Crippen molar-refractivity contribution in [2.24, 2.45) is 0 Å². The predicted molar refractivity (Wildman–Crippen MR) is 105 cm³/mol. The third-order valence-corrected chi connectivity index (χ3v) is 4.27.